The van der Waals surface area contributed by atoms with Crippen molar-refractivity contribution in [3.63, 3.8) is 0 Å². The number of sulfonamides is 2. The van der Waals surface area contributed by atoms with Crippen molar-refractivity contribution in [3.05, 3.63) is 101 Å². The van der Waals surface area contributed by atoms with Gasteiger partial charge in [0.2, 0.25) is 16.0 Å². The second-order valence-corrected chi connectivity index (χ2v) is 12.7. The van der Waals surface area contributed by atoms with Gasteiger partial charge in [0.15, 0.2) is 0 Å². The highest BCUT2D eigenvalue weighted by atomic mass is 35.5. The Labute approximate surface area is 225 Å². The molecule has 1 aliphatic heterocycles. The Morgan fingerprint density at radius 3 is 2.32 bits per heavy atom. The molecule has 38 heavy (non-hydrogen) atoms. The molecule has 1 heterocycles. The highest BCUT2D eigenvalue weighted by molar-refractivity contribution is 7.90. The Kier molecular flexibility index (Phi) is 8.16. The molecular weight excluding hydrogens is 553 g/mol. The molecule has 0 aromatic heterocycles. The number of halogens is 2. The molecular formula is C25H25ClFN5O4S2. The van der Waals surface area contributed by atoms with Crippen molar-refractivity contribution in [1.29, 1.82) is 0 Å². The zero-order chi connectivity index (χ0) is 27.5. The number of nitrogens with zero attached hydrogens (tertiary/aromatic N) is 3. The van der Waals surface area contributed by atoms with Gasteiger partial charge in [-0.25, -0.2) is 23.0 Å². The molecule has 0 spiro atoms. The first kappa shape index (κ1) is 27.7. The molecule has 0 saturated heterocycles. The fourth-order valence-corrected chi connectivity index (χ4v) is 5.17. The first-order valence-electron chi connectivity index (χ1n) is 11.5. The highest BCUT2D eigenvalue weighted by Crippen LogP contribution is 2.30. The summed E-state index contributed by atoms with van der Waals surface area (Å²) in [5.41, 5.74) is 2.34. The lowest BCUT2D eigenvalue weighted by Gasteiger charge is -2.21. The van der Waals surface area contributed by atoms with E-state index in [9.17, 15) is 21.2 Å². The van der Waals surface area contributed by atoms with E-state index < -0.39 is 31.1 Å². The number of guanidine groups is 1. The van der Waals surface area contributed by atoms with Gasteiger partial charge in [-0.15, -0.1) is 4.40 Å². The molecule has 9 nitrogen and oxygen atoms in total. The molecule has 4 rings (SSSR count). The minimum atomic E-state index is -4.32. The predicted octanol–water partition coefficient (Wildman–Crippen LogP) is 3.29. The maximum Gasteiger partial charge on any atom is 0.285 e. The van der Waals surface area contributed by atoms with Gasteiger partial charge in [0.1, 0.15) is 5.82 Å². The quantitative estimate of drug-likeness (QED) is 0.327. The lowest BCUT2D eigenvalue weighted by Crippen LogP contribution is -2.44. The molecule has 3 aromatic rings. The third-order valence-corrected chi connectivity index (χ3v) is 8.75. The second-order valence-electron chi connectivity index (χ2n) is 8.66. The number of nitrogens with two attached hydrogens (primary N) is 1. The largest absolute Gasteiger partial charge is 0.353 e. The van der Waals surface area contributed by atoms with Gasteiger partial charge in [-0.05, 0) is 54.4 Å². The molecule has 1 unspecified atom stereocenters. The molecule has 0 saturated carbocycles. The summed E-state index contributed by atoms with van der Waals surface area (Å²) in [4.78, 5) is -0.238. The molecule has 2 atom stereocenters. The van der Waals surface area contributed by atoms with Gasteiger partial charge in [0, 0.05) is 17.5 Å². The Balaban J connectivity index is 1.78. The summed E-state index contributed by atoms with van der Waals surface area (Å²) in [7, 11) is -8.23. The molecule has 0 aliphatic carbocycles. The van der Waals surface area contributed by atoms with Crippen molar-refractivity contribution in [2.24, 2.45) is 14.6 Å². The van der Waals surface area contributed by atoms with Crippen LogP contribution in [-0.2, 0) is 20.0 Å². The number of hydrogen-bond donors (Lipinski definition) is 2. The summed E-state index contributed by atoms with van der Waals surface area (Å²) in [5.74, 6) is -1.07. The van der Waals surface area contributed by atoms with E-state index in [1.807, 2.05) is 42.5 Å². The van der Waals surface area contributed by atoms with Crippen LogP contribution < -0.4 is 10.5 Å². The molecule has 0 fully saturated rings. The Morgan fingerprint density at radius 2 is 1.71 bits per heavy atom. The maximum absolute atomic E-state index is 13.4. The van der Waals surface area contributed by atoms with E-state index in [4.69, 9.17) is 16.7 Å². The normalized spacial score (nSPS) is 17.3. The van der Waals surface area contributed by atoms with E-state index in [1.165, 1.54) is 11.9 Å². The van der Waals surface area contributed by atoms with Crippen molar-refractivity contribution >= 4 is 43.3 Å². The topological polar surface area (TPSA) is 134 Å². The van der Waals surface area contributed by atoms with Gasteiger partial charge in [-0.3, -0.25) is 0 Å². The first-order valence-corrected chi connectivity index (χ1v) is 14.9. The van der Waals surface area contributed by atoms with Gasteiger partial charge in [-0.1, -0.05) is 54.1 Å². The molecule has 3 N–H and O–H groups in total. The second kappa shape index (κ2) is 11.2. The van der Waals surface area contributed by atoms with Crippen LogP contribution in [-0.4, -0.2) is 51.9 Å². The van der Waals surface area contributed by atoms with E-state index >= 15 is 0 Å². The molecule has 0 bridgehead atoms. The van der Waals surface area contributed by atoms with E-state index in [-0.39, 0.29) is 29.9 Å². The van der Waals surface area contributed by atoms with Crippen LogP contribution in [0.5, 0.6) is 0 Å². The average Bonchev–Trinajstić information content (AvgIpc) is 3.32. The van der Waals surface area contributed by atoms with Gasteiger partial charge < -0.3 is 5.32 Å². The Morgan fingerprint density at radius 1 is 1.08 bits per heavy atom. The van der Waals surface area contributed by atoms with E-state index in [0.717, 1.165) is 35.4 Å². The van der Waals surface area contributed by atoms with Crippen molar-refractivity contribution < 1.29 is 21.2 Å². The molecule has 13 heteroatoms. The minimum Gasteiger partial charge on any atom is -0.353 e. The average molecular weight is 578 g/mol. The number of nitrogens with one attached hydrogen (secondary N) is 1. The van der Waals surface area contributed by atoms with E-state index in [1.54, 1.807) is 12.1 Å². The summed E-state index contributed by atoms with van der Waals surface area (Å²) >= 11 is 6.07. The monoisotopic (exact) mass is 577 g/mol. The zero-order valence-electron chi connectivity index (χ0n) is 20.2. The Bertz CT molecular complexity index is 1560. The van der Waals surface area contributed by atoms with E-state index in [2.05, 4.69) is 14.8 Å². The smallest absolute Gasteiger partial charge is 0.285 e. The molecule has 200 valence electrons. The zero-order valence-corrected chi connectivity index (χ0v) is 22.6. The van der Waals surface area contributed by atoms with Gasteiger partial charge in [0.25, 0.3) is 10.0 Å². The van der Waals surface area contributed by atoms with E-state index in [0.29, 0.717) is 10.7 Å². The van der Waals surface area contributed by atoms with Crippen LogP contribution in [0.2, 0.25) is 5.02 Å². The fraction of sp³-hybridized carbons (Fsp3) is 0.200. The van der Waals surface area contributed by atoms with Crippen LogP contribution in [0.4, 0.5) is 4.39 Å². The molecule has 0 amide bonds. The van der Waals surface area contributed by atoms with Crippen LogP contribution in [0.3, 0.4) is 0 Å². The highest BCUT2D eigenvalue weighted by Gasteiger charge is 2.33. The third-order valence-electron chi connectivity index (χ3n) is 5.93. The summed E-state index contributed by atoms with van der Waals surface area (Å²) in [6.07, 6.45) is 0. The van der Waals surface area contributed by atoms with Crippen LogP contribution >= 0.6 is 11.6 Å². The van der Waals surface area contributed by atoms with Crippen LogP contribution in [0.25, 0.3) is 0 Å². The van der Waals surface area contributed by atoms with Gasteiger partial charge in [0.05, 0.1) is 22.4 Å². The van der Waals surface area contributed by atoms with Crippen molar-refractivity contribution in [2.45, 2.75) is 23.0 Å². The molecule has 0 radical (unpaired) electrons. The molecule has 3 aromatic carbocycles. The molecule has 1 aliphatic rings. The minimum absolute atomic E-state index is 0.199. The maximum atomic E-state index is 13.4. The van der Waals surface area contributed by atoms with Gasteiger partial charge >= 0.3 is 0 Å². The number of primary sulfonamides is 1. The summed E-state index contributed by atoms with van der Waals surface area (Å²) < 4.78 is 67.1. The van der Waals surface area contributed by atoms with Crippen LogP contribution in [0, 0.1) is 5.82 Å². The van der Waals surface area contributed by atoms with Crippen LogP contribution in [0.15, 0.2) is 93.3 Å². The van der Waals surface area contributed by atoms with Crippen molar-refractivity contribution in [3.8, 4) is 0 Å². The number of rotatable bonds is 7. The van der Waals surface area contributed by atoms with Crippen LogP contribution in [0.1, 0.15) is 24.0 Å². The summed E-state index contributed by atoms with van der Waals surface area (Å²) in [6.45, 7) is 1.36. The lowest BCUT2D eigenvalue weighted by atomic mass is 9.91. The number of hydrogen-bond acceptors (Lipinski definition) is 5. The Hall–Kier alpha value is -3.32. The lowest BCUT2D eigenvalue weighted by molar-refractivity contribution is 0.454. The van der Waals surface area contributed by atoms with Crippen molar-refractivity contribution in [2.75, 3.05) is 13.1 Å². The number of benzene rings is 3. The fourth-order valence-electron chi connectivity index (χ4n) is 3.76. The third kappa shape index (κ3) is 6.57. The number of hydrazone groups is 1. The summed E-state index contributed by atoms with van der Waals surface area (Å²) in [5, 5.41) is 13.6. The summed E-state index contributed by atoms with van der Waals surface area (Å²) in [6, 6.07) is 20.8. The SMILES string of the molecule is CC(CN/C(=N\S(=O)(=O)c1ccc(F)cc1)N1C[C@@H](c2ccccc2)C(c2ccc(Cl)cc2)=N1)S(N)(=O)=O. The standard InChI is InChI=1S/C25H25ClFN5O4S2/c1-17(37(28,33)34)15-29-25(31-38(35,36)22-13-11-21(27)12-14-22)32-16-23(18-5-3-2-4-6-18)24(30-32)19-7-9-20(26)10-8-19/h2-14,17,23H,15-16H2,1H3,(H,29,31)(H2,28,33,34)/t17?,23-/m0/s1. The van der Waals surface area contributed by atoms with Gasteiger partial charge in [-0.2, -0.15) is 13.5 Å². The first-order chi connectivity index (χ1) is 17.9. The van der Waals surface area contributed by atoms with Crippen molar-refractivity contribution in [1.82, 2.24) is 10.3 Å². The predicted molar refractivity (Wildman–Crippen MR) is 145 cm³/mol.